The van der Waals surface area contributed by atoms with Crippen molar-refractivity contribution < 1.29 is 9.18 Å². The molecule has 1 amide bonds. The van der Waals surface area contributed by atoms with Crippen LogP contribution in [0.5, 0.6) is 0 Å². The number of nitrogens with one attached hydrogen (secondary N) is 1. The van der Waals surface area contributed by atoms with Crippen molar-refractivity contribution in [1.29, 1.82) is 0 Å². The molecule has 17 heavy (non-hydrogen) atoms. The lowest BCUT2D eigenvalue weighted by Gasteiger charge is -2.19. The van der Waals surface area contributed by atoms with Gasteiger partial charge in [-0.2, -0.15) is 0 Å². The molecule has 1 aromatic rings. The van der Waals surface area contributed by atoms with Gasteiger partial charge in [0, 0.05) is 12.6 Å². The molecule has 0 saturated carbocycles. The van der Waals surface area contributed by atoms with E-state index >= 15 is 0 Å². The Morgan fingerprint density at radius 2 is 1.94 bits per heavy atom. The van der Waals surface area contributed by atoms with E-state index in [0.29, 0.717) is 5.92 Å². The summed E-state index contributed by atoms with van der Waals surface area (Å²) in [6.07, 6.45) is 1.30. The molecule has 1 unspecified atom stereocenters. The van der Waals surface area contributed by atoms with E-state index in [-0.39, 0.29) is 18.2 Å². The molecule has 1 aliphatic heterocycles. The largest absolute Gasteiger partial charge is 0.330 e. The molecular formula is C14H16FNO. The Bertz CT molecular complexity index is 448. The lowest BCUT2D eigenvalue weighted by Crippen LogP contribution is -2.29. The molecule has 3 heteroatoms. The molecule has 90 valence electrons. The first-order valence-corrected chi connectivity index (χ1v) is 5.82. The van der Waals surface area contributed by atoms with Crippen LogP contribution in [0.1, 0.15) is 43.2 Å². The molecule has 2 nitrogen and oxygen atoms in total. The maximum absolute atomic E-state index is 13.1. The maximum Gasteiger partial charge on any atom is 0.231 e. The SMILES string of the molecule is CC(C)c1ccc(C2CC(F)=CNC2=O)cc1. The quantitative estimate of drug-likeness (QED) is 0.834. The fourth-order valence-corrected chi connectivity index (χ4v) is 1.98. The summed E-state index contributed by atoms with van der Waals surface area (Å²) >= 11 is 0. The van der Waals surface area contributed by atoms with Gasteiger partial charge in [0.05, 0.1) is 5.92 Å². The zero-order valence-corrected chi connectivity index (χ0v) is 10.0. The van der Waals surface area contributed by atoms with E-state index in [4.69, 9.17) is 0 Å². The summed E-state index contributed by atoms with van der Waals surface area (Å²) < 4.78 is 13.1. The number of halogens is 1. The van der Waals surface area contributed by atoms with Gasteiger partial charge in [-0.1, -0.05) is 38.1 Å². The standard InChI is InChI=1S/C14H16FNO/c1-9(2)10-3-5-11(6-4-10)13-7-12(15)8-16-14(13)17/h3-6,8-9,13H,7H2,1-2H3,(H,16,17). The van der Waals surface area contributed by atoms with Gasteiger partial charge < -0.3 is 5.32 Å². The van der Waals surface area contributed by atoms with Crippen molar-refractivity contribution >= 4 is 5.91 Å². The van der Waals surface area contributed by atoms with Crippen LogP contribution in [0.2, 0.25) is 0 Å². The number of benzene rings is 1. The molecule has 0 aromatic heterocycles. The van der Waals surface area contributed by atoms with Crippen LogP contribution in [-0.4, -0.2) is 5.91 Å². The Labute approximate surface area is 101 Å². The Balaban J connectivity index is 2.22. The molecule has 0 fully saturated rings. The summed E-state index contributed by atoms with van der Waals surface area (Å²) in [4.78, 5) is 11.6. The van der Waals surface area contributed by atoms with Crippen molar-refractivity contribution in [2.24, 2.45) is 0 Å². The molecule has 0 bridgehead atoms. The predicted octanol–water partition coefficient (Wildman–Crippen LogP) is 3.22. The maximum atomic E-state index is 13.1. The zero-order chi connectivity index (χ0) is 12.4. The van der Waals surface area contributed by atoms with Crippen LogP contribution < -0.4 is 5.32 Å². The molecular weight excluding hydrogens is 217 g/mol. The van der Waals surface area contributed by atoms with E-state index < -0.39 is 5.92 Å². The minimum absolute atomic E-state index is 0.135. The monoisotopic (exact) mass is 233 g/mol. The third-order valence-electron chi connectivity index (χ3n) is 3.09. The van der Waals surface area contributed by atoms with Crippen LogP contribution >= 0.6 is 0 Å². The van der Waals surface area contributed by atoms with Gasteiger partial charge in [-0.25, -0.2) is 4.39 Å². The normalized spacial score (nSPS) is 20.1. The minimum Gasteiger partial charge on any atom is -0.330 e. The first-order valence-electron chi connectivity index (χ1n) is 5.82. The number of rotatable bonds is 2. The van der Waals surface area contributed by atoms with Crippen molar-refractivity contribution in [3.05, 3.63) is 47.4 Å². The van der Waals surface area contributed by atoms with Crippen LogP contribution in [0.4, 0.5) is 4.39 Å². The van der Waals surface area contributed by atoms with Crippen LogP contribution in [0.3, 0.4) is 0 Å². The lowest BCUT2D eigenvalue weighted by molar-refractivity contribution is -0.122. The Kier molecular flexibility index (Phi) is 3.27. The van der Waals surface area contributed by atoms with Gasteiger partial charge in [0.1, 0.15) is 5.83 Å². The summed E-state index contributed by atoms with van der Waals surface area (Å²) in [6.45, 7) is 4.23. The summed E-state index contributed by atoms with van der Waals surface area (Å²) in [6, 6.07) is 7.84. The van der Waals surface area contributed by atoms with E-state index in [0.717, 1.165) is 11.8 Å². The van der Waals surface area contributed by atoms with E-state index in [1.54, 1.807) is 0 Å². The van der Waals surface area contributed by atoms with Crippen molar-refractivity contribution in [1.82, 2.24) is 5.32 Å². The van der Waals surface area contributed by atoms with Crippen LogP contribution in [0, 0.1) is 0 Å². The van der Waals surface area contributed by atoms with Crippen molar-refractivity contribution in [2.75, 3.05) is 0 Å². The van der Waals surface area contributed by atoms with Gasteiger partial charge in [0.15, 0.2) is 0 Å². The van der Waals surface area contributed by atoms with Gasteiger partial charge in [0.2, 0.25) is 5.91 Å². The highest BCUT2D eigenvalue weighted by atomic mass is 19.1. The fourth-order valence-electron chi connectivity index (χ4n) is 1.98. The van der Waals surface area contributed by atoms with Gasteiger partial charge in [0.25, 0.3) is 0 Å². The van der Waals surface area contributed by atoms with E-state index in [2.05, 4.69) is 19.2 Å². The molecule has 0 radical (unpaired) electrons. The Morgan fingerprint density at radius 1 is 1.29 bits per heavy atom. The Morgan fingerprint density at radius 3 is 2.53 bits per heavy atom. The first-order chi connectivity index (χ1) is 8.08. The van der Waals surface area contributed by atoms with Gasteiger partial charge in [-0.15, -0.1) is 0 Å². The first kappa shape index (κ1) is 11.8. The zero-order valence-electron chi connectivity index (χ0n) is 10.0. The summed E-state index contributed by atoms with van der Waals surface area (Å²) in [5, 5.41) is 2.44. The molecule has 0 saturated heterocycles. The second-order valence-electron chi connectivity index (χ2n) is 4.68. The predicted molar refractivity (Wildman–Crippen MR) is 65.2 cm³/mol. The smallest absolute Gasteiger partial charge is 0.231 e. The van der Waals surface area contributed by atoms with E-state index in [1.807, 2.05) is 24.3 Å². The van der Waals surface area contributed by atoms with Crippen LogP contribution in [-0.2, 0) is 4.79 Å². The molecule has 1 N–H and O–H groups in total. The summed E-state index contributed by atoms with van der Waals surface area (Å²) in [7, 11) is 0. The second-order valence-corrected chi connectivity index (χ2v) is 4.68. The third kappa shape index (κ3) is 2.54. The summed E-state index contributed by atoms with van der Waals surface area (Å²) in [5.41, 5.74) is 2.09. The molecule has 0 spiro atoms. The van der Waals surface area contributed by atoms with E-state index in [1.165, 1.54) is 5.56 Å². The molecule has 1 aromatic carbocycles. The average Bonchev–Trinajstić information content (AvgIpc) is 2.32. The Hall–Kier alpha value is -1.64. The minimum atomic E-state index is -0.402. The molecule has 1 heterocycles. The average molecular weight is 233 g/mol. The van der Waals surface area contributed by atoms with Crippen molar-refractivity contribution in [3.8, 4) is 0 Å². The summed E-state index contributed by atoms with van der Waals surface area (Å²) in [5.74, 6) is -0.353. The van der Waals surface area contributed by atoms with Crippen molar-refractivity contribution in [2.45, 2.75) is 32.1 Å². The number of amides is 1. The van der Waals surface area contributed by atoms with Crippen LogP contribution in [0.25, 0.3) is 0 Å². The third-order valence-corrected chi connectivity index (χ3v) is 3.09. The second kappa shape index (κ2) is 4.70. The topological polar surface area (TPSA) is 29.1 Å². The molecule has 1 atom stereocenters. The molecule has 1 aliphatic rings. The number of carbonyl (C=O) groups is 1. The lowest BCUT2D eigenvalue weighted by atomic mass is 9.91. The highest BCUT2D eigenvalue weighted by Gasteiger charge is 2.25. The van der Waals surface area contributed by atoms with Gasteiger partial charge >= 0.3 is 0 Å². The highest BCUT2D eigenvalue weighted by molar-refractivity contribution is 5.85. The molecule has 2 rings (SSSR count). The van der Waals surface area contributed by atoms with Crippen molar-refractivity contribution in [3.63, 3.8) is 0 Å². The molecule has 0 aliphatic carbocycles. The number of allylic oxidation sites excluding steroid dienone is 1. The van der Waals surface area contributed by atoms with E-state index in [9.17, 15) is 9.18 Å². The van der Waals surface area contributed by atoms with Gasteiger partial charge in [-0.05, 0) is 17.0 Å². The fraction of sp³-hybridized carbons (Fsp3) is 0.357. The number of hydrogen-bond acceptors (Lipinski definition) is 1. The number of hydrogen-bond donors (Lipinski definition) is 1. The van der Waals surface area contributed by atoms with Crippen LogP contribution in [0.15, 0.2) is 36.3 Å². The number of carbonyl (C=O) groups excluding carboxylic acids is 1. The van der Waals surface area contributed by atoms with Gasteiger partial charge in [-0.3, -0.25) is 4.79 Å². The highest BCUT2D eigenvalue weighted by Crippen LogP contribution is 2.28.